The summed E-state index contributed by atoms with van der Waals surface area (Å²) < 4.78 is 6.32. The number of halogens is 1. The Morgan fingerprint density at radius 1 is 0.923 bits per heavy atom. The van der Waals surface area contributed by atoms with E-state index in [1.807, 2.05) is 12.1 Å². The first-order chi connectivity index (χ1) is 19.1. The Labute approximate surface area is 238 Å². The molecule has 2 fully saturated rings. The van der Waals surface area contributed by atoms with E-state index < -0.39 is 0 Å². The number of piperidine rings is 2. The minimum atomic E-state index is -0.0814. The summed E-state index contributed by atoms with van der Waals surface area (Å²) >= 11 is 6.57. The van der Waals surface area contributed by atoms with E-state index in [0.29, 0.717) is 34.8 Å². The van der Waals surface area contributed by atoms with Gasteiger partial charge in [0, 0.05) is 43.7 Å². The van der Waals surface area contributed by atoms with Crippen LogP contribution >= 0.6 is 11.6 Å². The molecule has 39 heavy (non-hydrogen) atoms. The highest BCUT2D eigenvalue weighted by molar-refractivity contribution is 6.32. The van der Waals surface area contributed by atoms with Gasteiger partial charge in [0.25, 0.3) is 5.91 Å². The molecule has 2 aliphatic rings. The Bertz CT molecular complexity index is 1160. The van der Waals surface area contributed by atoms with Gasteiger partial charge in [-0.25, -0.2) is 0 Å². The SMILES string of the molecule is CN1CCCCC1CNC(=O)c1ccc(OC2CCN(CC(c3ccccc3)c3ccccc3)CC2)c(Cl)c1. The van der Waals surface area contributed by atoms with Crippen LogP contribution in [0.2, 0.25) is 5.02 Å². The molecule has 5 rings (SSSR count). The number of amides is 1. The largest absolute Gasteiger partial charge is 0.489 e. The maximum absolute atomic E-state index is 12.7. The molecule has 2 aliphatic heterocycles. The van der Waals surface area contributed by atoms with Gasteiger partial charge in [0.2, 0.25) is 0 Å². The zero-order valence-corrected chi connectivity index (χ0v) is 23.7. The maximum atomic E-state index is 12.7. The van der Waals surface area contributed by atoms with E-state index >= 15 is 0 Å². The van der Waals surface area contributed by atoms with Gasteiger partial charge in [0.1, 0.15) is 11.9 Å². The van der Waals surface area contributed by atoms with E-state index in [4.69, 9.17) is 16.3 Å². The van der Waals surface area contributed by atoms with Crippen LogP contribution in [0.5, 0.6) is 5.75 Å². The number of hydrogen-bond donors (Lipinski definition) is 1. The van der Waals surface area contributed by atoms with Gasteiger partial charge in [0.05, 0.1) is 5.02 Å². The van der Waals surface area contributed by atoms with Crippen molar-refractivity contribution in [3.8, 4) is 5.75 Å². The Morgan fingerprint density at radius 2 is 1.59 bits per heavy atom. The van der Waals surface area contributed by atoms with Gasteiger partial charge < -0.3 is 19.9 Å². The summed E-state index contributed by atoms with van der Waals surface area (Å²) in [5.74, 6) is 0.920. The molecule has 206 valence electrons. The van der Waals surface area contributed by atoms with Crippen LogP contribution in [0.1, 0.15) is 59.5 Å². The number of rotatable bonds is 9. The van der Waals surface area contributed by atoms with E-state index in [0.717, 1.165) is 45.4 Å². The fourth-order valence-electron chi connectivity index (χ4n) is 5.87. The molecule has 0 spiro atoms. The topological polar surface area (TPSA) is 44.8 Å². The Morgan fingerprint density at radius 3 is 2.21 bits per heavy atom. The van der Waals surface area contributed by atoms with Crippen LogP contribution < -0.4 is 10.1 Å². The smallest absolute Gasteiger partial charge is 0.251 e. The lowest BCUT2D eigenvalue weighted by Gasteiger charge is -2.35. The number of hydrogen-bond acceptors (Lipinski definition) is 4. The second kappa shape index (κ2) is 13.5. The van der Waals surface area contributed by atoms with Gasteiger partial charge in [0.15, 0.2) is 0 Å². The molecule has 0 aliphatic carbocycles. The molecule has 1 atom stereocenters. The summed E-state index contributed by atoms with van der Waals surface area (Å²) in [4.78, 5) is 17.6. The van der Waals surface area contributed by atoms with Crippen molar-refractivity contribution >= 4 is 17.5 Å². The number of ether oxygens (including phenoxy) is 1. The molecule has 2 heterocycles. The highest BCUT2D eigenvalue weighted by Crippen LogP contribution is 2.30. The van der Waals surface area contributed by atoms with Crippen LogP contribution in [0.3, 0.4) is 0 Å². The molecule has 5 nitrogen and oxygen atoms in total. The first kappa shape index (κ1) is 27.7. The van der Waals surface area contributed by atoms with Gasteiger partial charge >= 0.3 is 0 Å². The average Bonchev–Trinajstić information content (AvgIpc) is 2.98. The number of nitrogens with one attached hydrogen (secondary N) is 1. The van der Waals surface area contributed by atoms with Gasteiger partial charge in [-0.15, -0.1) is 0 Å². The van der Waals surface area contributed by atoms with Crippen LogP contribution in [0, 0.1) is 0 Å². The maximum Gasteiger partial charge on any atom is 0.251 e. The monoisotopic (exact) mass is 545 g/mol. The third-order valence-corrected chi connectivity index (χ3v) is 8.58. The van der Waals surface area contributed by atoms with Crippen molar-refractivity contribution in [2.24, 2.45) is 0 Å². The normalized spacial score (nSPS) is 19.2. The first-order valence-electron chi connectivity index (χ1n) is 14.3. The van der Waals surface area contributed by atoms with Gasteiger partial charge in [-0.3, -0.25) is 4.79 Å². The molecular weight excluding hydrogens is 506 g/mol. The minimum Gasteiger partial charge on any atom is -0.489 e. The van der Waals surface area contributed by atoms with E-state index in [1.54, 1.807) is 6.07 Å². The molecule has 3 aromatic carbocycles. The Hall–Kier alpha value is -2.86. The molecule has 0 radical (unpaired) electrons. The van der Waals surface area contributed by atoms with E-state index in [1.165, 1.54) is 24.0 Å². The molecular formula is C33H40ClN3O2. The molecule has 2 saturated heterocycles. The van der Waals surface area contributed by atoms with Crippen LogP contribution in [-0.2, 0) is 0 Å². The molecule has 3 aromatic rings. The highest BCUT2D eigenvalue weighted by Gasteiger charge is 2.25. The number of carbonyl (C=O) groups is 1. The summed E-state index contributed by atoms with van der Waals surface area (Å²) in [6.07, 6.45) is 5.60. The lowest BCUT2D eigenvalue weighted by Crippen LogP contribution is -2.44. The fourth-order valence-corrected chi connectivity index (χ4v) is 6.10. The predicted molar refractivity (Wildman–Crippen MR) is 159 cm³/mol. The third kappa shape index (κ3) is 7.42. The van der Waals surface area contributed by atoms with Crippen LogP contribution in [0.4, 0.5) is 0 Å². The average molecular weight is 546 g/mol. The number of likely N-dealkylation sites (N-methyl/N-ethyl adjacent to an activating group) is 1. The number of benzene rings is 3. The Balaban J connectivity index is 1.13. The fraction of sp³-hybridized carbons (Fsp3) is 0.424. The van der Waals surface area contributed by atoms with Crippen LogP contribution in [-0.4, -0.2) is 67.6 Å². The molecule has 0 saturated carbocycles. The molecule has 1 amide bonds. The van der Waals surface area contributed by atoms with Crippen molar-refractivity contribution in [1.29, 1.82) is 0 Å². The summed E-state index contributed by atoms with van der Waals surface area (Å²) in [5.41, 5.74) is 3.28. The predicted octanol–water partition coefficient (Wildman–Crippen LogP) is 6.23. The molecule has 1 N–H and O–H groups in total. The standard InChI is InChI=1S/C33H40ClN3O2/c1-36-19-9-8-14-28(36)23-35-33(38)27-15-16-32(31(34)22-27)39-29-17-20-37(21-18-29)24-30(25-10-4-2-5-11-25)26-12-6-3-7-13-26/h2-7,10-13,15-16,22,28-30H,8-9,14,17-21,23-24H2,1H3,(H,35,38). The summed E-state index contributed by atoms with van der Waals surface area (Å²) in [6, 6.07) is 27.4. The second-order valence-electron chi connectivity index (χ2n) is 11.0. The number of nitrogens with zero attached hydrogens (tertiary/aromatic N) is 2. The van der Waals surface area contributed by atoms with Crippen molar-refractivity contribution in [2.75, 3.05) is 39.8 Å². The van der Waals surface area contributed by atoms with Gasteiger partial charge in [-0.2, -0.15) is 0 Å². The minimum absolute atomic E-state index is 0.0814. The van der Waals surface area contributed by atoms with Gasteiger partial charge in [-0.1, -0.05) is 78.7 Å². The number of carbonyl (C=O) groups excluding carboxylic acids is 1. The highest BCUT2D eigenvalue weighted by atomic mass is 35.5. The van der Waals surface area contributed by atoms with E-state index in [2.05, 4.69) is 82.8 Å². The molecule has 1 unspecified atom stereocenters. The zero-order valence-electron chi connectivity index (χ0n) is 22.9. The first-order valence-corrected chi connectivity index (χ1v) is 14.7. The van der Waals surface area contributed by atoms with Crippen molar-refractivity contribution in [3.05, 3.63) is 101 Å². The lowest BCUT2D eigenvalue weighted by atomic mass is 9.90. The van der Waals surface area contributed by atoms with Crippen LogP contribution in [0.25, 0.3) is 0 Å². The van der Waals surface area contributed by atoms with Crippen molar-refractivity contribution in [3.63, 3.8) is 0 Å². The van der Waals surface area contributed by atoms with E-state index in [-0.39, 0.29) is 12.0 Å². The van der Waals surface area contributed by atoms with E-state index in [9.17, 15) is 4.79 Å². The summed E-state index contributed by atoms with van der Waals surface area (Å²) in [7, 11) is 2.13. The number of likely N-dealkylation sites (tertiary alicyclic amines) is 2. The lowest BCUT2D eigenvalue weighted by molar-refractivity contribution is 0.0927. The van der Waals surface area contributed by atoms with Crippen LogP contribution in [0.15, 0.2) is 78.9 Å². The quantitative estimate of drug-likeness (QED) is 0.346. The second-order valence-corrected chi connectivity index (χ2v) is 11.4. The Kier molecular flexibility index (Phi) is 9.57. The molecule has 0 aromatic heterocycles. The molecule has 0 bridgehead atoms. The summed E-state index contributed by atoms with van der Waals surface area (Å²) in [6.45, 7) is 4.71. The van der Waals surface area contributed by atoms with Gasteiger partial charge in [-0.05, 0) is 68.6 Å². The summed E-state index contributed by atoms with van der Waals surface area (Å²) in [5, 5.41) is 3.58. The van der Waals surface area contributed by atoms with Crippen molar-refractivity contribution < 1.29 is 9.53 Å². The zero-order chi connectivity index (χ0) is 27.0. The van der Waals surface area contributed by atoms with Crippen molar-refractivity contribution in [2.45, 2.75) is 50.2 Å². The molecule has 6 heteroatoms. The van der Waals surface area contributed by atoms with Crippen molar-refractivity contribution in [1.82, 2.24) is 15.1 Å². The third-order valence-electron chi connectivity index (χ3n) is 8.29.